The lowest BCUT2D eigenvalue weighted by atomic mass is 9.81. The van der Waals surface area contributed by atoms with Crippen LogP contribution in [0.3, 0.4) is 0 Å². The monoisotopic (exact) mass is 213 g/mol. The van der Waals surface area contributed by atoms with E-state index in [1.54, 1.807) is 0 Å². The van der Waals surface area contributed by atoms with E-state index in [0.29, 0.717) is 5.92 Å². The first-order valence-electron chi connectivity index (χ1n) is 5.38. The molecule has 0 aromatic carbocycles. The number of hydrogen-bond acceptors (Lipinski definition) is 3. The second-order valence-electron chi connectivity index (χ2n) is 4.23. The van der Waals surface area contributed by atoms with Gasteiger partial charge in [-0.1, -0.05) is 6.42 Å². The molecule has 1 fully saturated rings. The van der Waals surface area contributed by atoms with Gasteiger partial charge in [-0.25, -0.2) is 0 Å². The number of hydrogen-bond donors (Lipinski definition) is 3. The normalized spacial score (nSPS) is 26.1. The molecule has 1 aliphatic carbocycles. The molecule has 0 aromatic rings. The zero-order valence-electron chi connectivity index (χ0n) is 8.87. The van der Waals surface area contributed by atoms with E-state index in [1.807, 2.05) is 0 Å². The molecule has 5 N–H and O–H groups in total. The molecule has 1 saturated carbocycles. The molecule has 0 heterocycles. The number of nitrogens with two attached hydrogens (primary N) is 2. The maximum Gasteiger partial charge on any atom is 0.231 e. The lowest BCUT2D eigenvalue weighted by Gasteiger charge is -2.27. The fourth-order valence-corrected chi connectivity index (χ4v) is 2.13. The fraction of sp³-hybridized carbons (Fsp3) is 0.800. The number of nitrogens with one attached hydrogen (secondary N) is 1. The Morgan fingerprint density at radius 1 is 1.27 bits per heavy atom. The van der Waals surface area contributed by atoms with E-state index in [-0.39, 0.29) is 24.3 Å². The smallest absolute Gasteiger partial charge is 0.231 e. The highest BCUT2D eigenvalue weighted by atomic mass is 16.1. The van der Waals surface area contributed by atoms with Crippen LogP contribution in [-0.4, -0.2) is 24.9 Å². The third-order valence-corrected chi connectivity index (χ3v) is 2.92. The molecule has 0 radical (unpaired) electrons. The summed E-state index contributed by atoms with van der Waals surface area (Å²) in [6.45, 7) is 0.949. The number of rotatable bonds is 5. The standard InChI is InChI=1S/C10H19N3O2/c11-9(14)6-13-5-7-2-1-3-8(4-7)10(12)15/h7-8,13H,1-6H2,(H2,11,14)(H2,12,15). The van der Waals surface area contributed by atoms with Crippen molar-refractivity contribution in [1.29, 1.82) is 0 Å². The van der Waals surface area contributed by atoms with Crippen molar-refractivity contribution >= 4 is 11.8 Å². The lowest BCUT2D eigenvalue weighted by Crippen LogP contribution is -2.36. The summed E-state index contributed by atoms with van der Waals surface area (Å²) >= 11 is 0. The highest BCUT2D eigenvalue weighted by molar-refractivity contribution is 5.76. The van der Waals surface area contributed by atoms with Crippen molar-refractivity contribution in [2.24, 2.45) is 23.3 Å². The maximum absolute atomic E-state index is 11.0. The number of primary amides is 2. The van der Waals surface area contributed by atoms with Crippen molar-refractivity contribution in [3.05, 3.63) is 0 Å². The summed E-state index contributed by atoms with van der Waals surface area (Å²) in [5, 5.41) is 2.99. The van der Waals surface area contributed by atoms with E-state index in [1.165, 1.54) is 0 Å². The van der Waals surface area contributed by atoms with Crippen LogP contribution in [0.1, 0.15) is 25.7 Å². The molecular formula is C10H19N3O2. The van der Waals surface area contributed by atoms with Crippen molar-refractivity contribution in [2.45, 2.75) is 25.7 Å². The maximum atomic E-state index is 11.0. The fourth-order valence-electron chi connectivity index (χ4n) is 2.13. The molecule has 0 aliphatic heterocycles. The van der Waals surface area contributed by atoms with Crippen LogP contribution in [0, 0.1) is 11.8 Å². The van der Waals surface area contributed by atoms with Crippen molar-refractivity contribution in [2.75, 3.05) is 13.1 Å². The van der Waals surface area contributed by atoms with E-state index in [2.05, 4.69) is 5.32 Å². The zero-order valence-corrected chi connectivity index (χ0v) is 8.87. The van der Waals surface area contributed by atoms with Gasteiger partial charge in [0.1, 0.15) is 0 Å². The van der Waals surface area contributed by atoms with Crippen LogP contribution in [0.5, 0.6) is 0 Å². The highest BCUT2D eigenvalue weighted by Crippen LogP contribution is 2.28. The highest BCUT2D eigenvalue weighted by Gasteiger charge is 2.25. The number of amides is 2. The molecule has 2 atom stereocenters. The first kappa shape index (κ1) is 12.0. The number of carbonyl (C=O) groups excluding carboxylic acids is 2. The van der Waals surface area contributed by atoms with Crippen molar-refractivity contribution in [3.8, 4) is 0 Å². The Labute approximate surface area is 89.6 Å². The zero-order chi connectivity index (χ0) is 11.3. The molecule has 2 unspecified atom stereocenters. The SMILES string of the molecule is NC(=O)CNCC1CCCC(C(N)=O)C1. The molecule has 1 rings (SSSR count). The quantitative estimate of drug-likeness (QED) is 0.566. The lowest BCUT2D eigenvalue weighted by molar-refractivity contribution is -0.123. The van der Waals surface area contributed by atoms with Gasteiger partial charge in [-0.15, -0.1) is 0 Å². The average molecular weight is 213 g/mol. The summed E-state index contributed by atoms with van der Waals surface area (Å²) in [6, 6.07) is 0. The molecule has 5 heteroatoms. The first-order valence-corrected chi connectivity index (χ1v) is 5.38. The Hall–Kier alpha value is -1.10. The van der Waals surface area contributed by atoms with E-state index < -0.39 is 0 Å². The predicted octanol–water partition coefficient (Wildman–Crippen LogP) is -0.647. The Bertz CT molecular complexity index is 243. The van der Waals surface area contributed by atoms with Gasteiger partial charge in [-0.05, 0) is 31.7 Å². The van der Waals surface area contributed by atoms with Gasteiger partial charge in [0.25, 0.3) is 0 Å². The number of carbonyl (C=O) groups is 2. The molecule has 0 spiro atoms. The average Bonchev–Trinajstić information content (AvgIpc) is 2.17. The largest absolute Gasteiger partial charge is 0.369 e. The molecule has 2 amide bonds. The molecule has 0 bridgehead atoms. The second kappa shape index (κ2) is 5.70. The van der Waals surface area contributed by atoms with Crippen molar-refractivity contribution < 1.29 is 9.59 Å². The van der Waals surface area contributed by atoms with Gasteiger partial charge in [0.05, 0.1) is 6.54 Å². The third-order valence-electron chi connectivity index (χ3n) is 2.92. The molecular weight excluding hydrogens is 194 g/mol. The van der Waals surface area contributed by atoms with Gasteiger partial charge < -0.3 is 16.8 Å². The Morgan fingerprint density at radius 3 is 2.60 bits per heavy atom. The van der Waals surface area contributed by atoms with Gasteiger partial charge in [-0.2, -0.15) is 0 Å². The van der Waals surface area contributed by atoms with Crippen LogP contribution in [0.4, 0.5) is 0 Å². The van der Waals surface area contributed by atoms with Gasteiger partial charge in [0, 0.05) is 5.92 Å². The third kappa shape index (κ3) is 4.29. The Kier molecular flexibility index (Phi) is 4.55. The second-order valence-corrected chi connectivity index (χ2v) is 4.23. The van der Waals surface area contributed by atoms with Gasteiger partial charge in [-0.3, -0.25) is 9.59 Å². The van der Waals surface area contributed by atoms with Crippen LogP contribution in [0.15, 0.2) is 0 Å². The predicted molar refractivity (Wildman–Crippen MR) is 56.7 cm³/mol. The molecule has 5 nitrogen and oxygen atoms in total. The summed E-state index contributed by atoms with van der Waals surface area (Å²) in [5.74, 6) is -0.0958. The topological polar surface area (TPSA) is 98.2 Å². The van der Waals surface area contributed by atoms with E-state index in [9.17, 15) is 9.59 Å². The first-order chi connectivity index (χ1) is 7.09. The summed E-state index contributed by atoms with van der Waals surface area (Å²) < 4.78 is 0. The van der Waals surface area contributed by atoms with Crippen LogP contribution >= 0.6 is 0 Å². The van der Waals surface area contributed by atoms with Crippen molar-refractivity contribution in [3.63, 3.8) is 0 Å². The molecule has 0 saturated heterocycles. The van der Waals surface area contributed by atoms with Gasteiger partial charge in [0.2, 0.25) is 11.8 Å². The molecule has 0 aromatic heterocycles. The van der Waals surface area contributed by atoms with E-state index in [4.69, 9.17) is 11.5 Å². The summed E-state index contributed by atoms with van der Waals surface area (Å²) in [6.07, 6.45) is 3.87. The minimum Gasteiger partial charge on any atom is -0.369 e. The van der Waals surface area contributed by atoms with E-state index in [0.717, 1.165) is 32.2 Å². The van der Waals surface area contributed by atoms with Crippen LogP contribution in [-0.2, 0) is 9.59 Å². The summed E-state index contributed by atoms with van der Waals surface area (Å²) in [5.41, 5.74) is 10.3. The van der Waals surface area contributed by atoms with Gasteiger partial charge >= 0.3 is 0 Å². The van der Waals surface area contributed by atoms with Gasteiger partial charge in [0.15, 0.2) is 0 Å². The Morgan fingerprint density at radius 2 is 2.00 bits per heavy atom. The van der Waals surface area contributed by atoms with Crippen LogP contribution in [0.25, 0.3) is 0 Å². The van der Waals surface area contributed by atoms with Crippen molar-refractivity contribution in [1.82, 2.24) is 5.32 Å². The Balaban J connectivity index is 2.24. The summed E-state index contributed by atoms with van der Waals surface area (Å²) in [7, 11) is 0. The minimum absolute atomic E-state index is 0.0131. The molecule has 15 heavy (non-hydrogen) atoms. The molecule has 1 aliphatic rings. The van der Waals surface area contributed by atoms with Crippen LogP contribution < -0.4 is 16.8 Å². The summed E-state index contributed by atoms with van der Waals surface area (Å²) in [4.78, 5) is 21.5. The van der Waals surface area contributed by atoms with E-state index >= 15 is 0 Å². The molecule has 86 valence electrons. The minimum atomic E-state index is -0.350. The van der Waals surface area contributed by atoms with Crippen LogP contribution in [0.2, 0.25) is 0 Å².